The minimum Gasteiger partial charge on any atom is -0.355 e. The average molecular weight is 215 g/mol. The molecule has 0 aromatic rings. The molecule has 0 spiro atoms. The first-order chi connectivity index (χ1) is 7.01. The van der Waals surface area contributed by atoms with Crippen LogP contribution in [0.5, 0.6) is 0 Å². The van der Waals surface area contributed by atoms with Crippen LogP contribution in [0.25, 0.3) is 0 Å². The minimum atomic E-state index is -0.0362. The van der Waals surface area contributed by atoms with Gasteiger partial charge in [0.05, 0.1) is 13.1 Å². The fourth-order valence-electron chi connectivity index (χ4n) is 1.07. The molecule has 2 amide bonds. The van der Waals surface area contributed by atoms with Gasteiger partial charge in [-0.3, -0.25) is 14.5 Å². The molecule has 15 heavy (non-hydrogen) atoms. The molecule has 0 fully saturated rings. The van der Waals surface area contributed by atoms with Gasteiger partial charge in [0.25, 0.3) is 0 Å². The lowest BCUT2D eigenvalue weighted by Gasteiger charge is -2.21. The van der Waals surface area contributed by atoms with Crippen LogP contribution in [0.15, 0.2) is 0 Å². The Labute approximate surface area is 91.4 Å². The van der Waals surface area contributed by atoms with Gasteiger partial charge < -0.3 is 10.2 Å². The molecule has 0 aromatic heterocycles. The summed E-state index contributed by atoms with van der Waals surface area (Å²) < 4.78 is 0. The van der Waals surface area contributed by atoms with Gasteiger partial charge in [-0.25, -0.2) is 0 Å². The fourth-order valence-corrected chi connectivity index (χ4v) is 1.07. The van der Waals surface area contributed by atoms with E-state index in [2.05, 4.69) is 5.32 Å². The van der Waals surface area contributed by atoms with Gasteiger partial charge in [-0.15, -0.1) is 0 Å². The van der Waals surface area contributed by atoms with E-state index < -0.39 is 0 Å². The second-order valence-corrected chi connectivity index (χ2v) is 3.54. The van der Waals surface area contributed by atoms with Crippen LogP contribution in [0.2, 0.25) is 0 Å². The van der Waals surface area contributed by atoms with Gasteiger partial charge >= 0.3 is 0 Å². The van der Waals surface area contributed by atoms with Crippen molar-refractivity contribution in [1.82, 2.24) is 15.1 Å². The molecule has 0 aliphatic rings. The third-order valence-corrected chi connectivity index (χ3v) is 2.05. The van der Waals surface area contributed by atoms with E-state index in [0.717, 1.165) is 0 Å². The van der Waals surface area contributed by atoms with Crippen LogP contribution in [0.4, 0.5) is 0 Å². The number of carbonyl (C=O) groups is 2. The number of hydrogen-bond donors (Lipinski definition) is 1. The number of amides is 2. The molecule has 1 N–H and O–H groups in total. The molecular weight excluding hydrogens is 194 g/mol. The molecule has 5 heteroatoms. The van der Waals surface area contributed by atoms with E-state index in [-0.39, 0.29) is 18.4 Å². The lowest BCUT2D eigenvalue weighted by atomic mass is 10.4. The van der Waals surface area contributed by atoms with Crippen LogP contribution in [-0.2, 0) is 9.59 Å². The summed E-state index contributed by atoms with van der Waals surface area (Å²) in [7, 11) is 3.42. The Bertz CT molecular complexity index is 217. The molecule has 0 aliphatic carbocycles. The standard InChI is InChI=1S/C10H21N3O2/c1-5-11-9(14)7-13(6-2)8-10(15)12(3)4/h5-8H2,1-4H3,(H,11,14). The summed E-state index contributed by atoms with van der Waals surface area (Å²) in [5, 5.41) is 2.71. The van der Waals surface area contributed by atoms with Crippen LogP contribution in [0.3, 0.4) is 0 Å². The molecule has 0 saturated heterocycles. The van der Waals surface area contributed by atoms with Crippen molar-refractivity contribution in [2.75, 3.05) is 40.3 Å². The summed E-state index contributed by atoms with van der Waals surface area (Å²) in [6.07, 6.45) is 0. The molecule has 0 unspecified atom stereocenters. The Kier molecular flexibility index (Phi) is 6.70. The Morgan fingerprint density at radius 1 is 1.13 bits per heavy atom. The summed E-state index contributed by atoms with van der Waals surface area (Å²) in [5.41, 5.74) is 0. The van der Waals surface area contributed by atoms with Crippen LogP contribution < -0.4 is 5.32 Å². The highest BCUT2D eigenvalue weighted by Crippen LogP contribution is 1.90. The van der Waals surface area contributed by atoms with Gasteiger partial charge in [-0.2, -0.15) is 0 Å². The summed E-state index contributed by atoms with van der Waals surface area (Å²) >= 11 is 0. The first kappa shape index (κ1) is 13.9. The zero-order valence-corrected chi connectivity index (χ0v) is 10.0. The highest BCUT2D eigenvalue weighted by molar-refractivity contribution is 5.80. The maximum absolute atomic E-state index is 11.4. The molecular formula is C10H21N3O2. The summed E-state index contributed by atoms with van der Waals surface area (Å²) in [4.78, 5) is 26.0. The maximum Gasteiger partial charge on any atom is 0.236 e. The second kappa shape index (κ2) is 7.23. The largest absolute Gasteiger partial charge is 0.355 e. The van der Waals surface area contributed by atoms with Crippen LogP contribution in [0.1, 0.15) is 13.8 Å². The first-order valence-corrected chi connectivity index (χ1v) is 5.20. The zero-order valence-electron chi connectivity index (χ0n) is 10.0. The maximum atomic E-state index is 11.4. The van der Waals surface area contributed by atoms with Crippen LogP contribution in [0, 0.1) is 0 Å². The van der Waals surface area contributed by atoms with E-state index in [0.29, 0.717) is 19.6 Å². The van der Waals surface area contributed by atoms with Crippen molar-refractivity contribution in [2.45, 2.75) is 13.8 Å². The highest BCUT2D eigenvalue weighted by atomic mass is 16.2. The number of rotatable bonds is 6. The number of hydrogen-bond acceptors (Lipinski definition) is 3. The number of likely N-dealkylation sites (N-methyl/N-ethyl adjacent to an activating group) is 3. The number of nitrogens with one attached hydrogen (secondary N) is 1. The molecule has 0 atom stereocenters. The molecule has 0 rings (SSSR count). The van der Waals surface area contributed by atoms with Crippen molar-refractivity contribution < 1.29 is 9.59 Å². The Morgan fingerprint density at radius 2 is 1.73 bits per heavy atom. The molecule has 0 aromatic carbocycles. The summed E-state index contributed by atoms with van der Waals surface area (Å²) in [5.74, 6) is -0.0212. The monoisotopic (exact) mass is 215 g/mol. The normalized spacial score (nSPS) is 10.2. The smallest absolute Gasteiger partial charge is 0.236 e. The van der Waals surface area contributed by atoms with Crippen LogP contribution >= 0.6 is 0 Å². The van der Waals surface area contributed by atoms with Crippen LogP contribution in [-0.4, -0.2) is 61.9 Å². The summed E-state index contributed by atoms with van der Waals surface area (Å²) in [6, 6.07) is 0. The molecule has 0 radical (unpaired) electrons. The Hall–Kier alpha value is -1.10. The van der Waals surface area contributed by atoms with E-state index in [9.17, 15) is 9.59 Å². The topological polar surface area (TPSA) is 52.7 Å². The van der Waals surface area contributed by atoms with Crippen molar-refractivity contribution in [3.63, 3.8) is 0 Å². The van der Waals surface area contributed by atoms with Crippen molar-refractivity contribution in [2.24, 2.45) is 0 Å². The second-order valence-electron chi connectivity index (χ2n) is 3.54. The lowest BCUT2D eigenvalue weighted by molar-refractivity contribution is -0.130. The van der Waals surface area contributed by atoms with Crippen molar-refractivity contribution in [3.8, 4) is 0 Å². The SMILES string of the molecule is CCNC(=O)CN(CC)CC(=O)N(C)C. The quantitative estimate of drug-likeness (QED) is 0.652. The molecule has 0 bridgehead atoms. The van der Waals surface area contributed by atoms with Gasteiger partial charge in [0.15, 0.2) is 0 Å². The van der Waals surface area contributed by atoms with Gasteiger partial charge in [-0.05, 0) is 13.5 Å². The van der Waals surface area contributed by atoms with Gasteiger partial charge in [-0.1, -0.05) is 6.92 Å². The third kappa shape index (κ3) is 6.06. The predicted molar refractivity (Wildman–Crippen MR) is 59.5 cm³/mol. The Morgan fingerprint density at radius 3 is 2.13 bits per heavy atom. The van der Waals surface area contributed by atoms with Crippen molar-refractivity contribution >= 4 is 11.8 Å². The predicted octanol–water partition coefficient (Wildman–Crippen LogP) is -0.467. The van der Waals surface area contributed by atoms with Gasteiger partial charge in [0.1, 0.15) is 0 Å². The number of nitrogens with zero attached hydrogens (tertiary/aromatic N) is 2. The van der Waals surface area contributed by atoms with E-state index in [1.165, 1.54) is 4.90 Å². The third-order valence-electron chi connectivity index (χ3n) is 2.05. The first-order valence-electron chi connectivity index (χ1n) is 5.20. The summed E-state index contributed by atoms with van der Waals surface area (Å²) in [6.45, 7) is 5.70. The molecule has 0 saturated carbocycles. The molecule has 0 heterocycles. The molecule has 0 aliphatic heterocycles. The van der Waals surface area contributed by atoms with E-state index in [4.69, 9.17) is 0 Å². The van der Waals surface area contributed by atoms with Gasteiger partial charge in [0.2, 0.25) is 11.8 Å². The molecule has 5 nitrogen and oxygen atoms in total. The molecule has 88 valence electrons. The fraction of sp³-hybridized carbons (Fsp3) is 0.800. The van der Waals surface area contributed by atoms with Crippen molar-refractivity contribution in [1.29, 1.82) is 0 Å². The van der Waals surface area contributed by atoms with Gasteiger partial charge in [0, 0.05) is 20.6 Å². The van der Waals surface area contributed by atoms with E-state index >= 15 is 0 Å². The minimum absolute atomic E-state index is 0.0150. The van der Waals surface area contributed by atoms with E-state index in [1.807, 2.05) is 18.7 Å². The van der Waals surface area contributed by atoms with Crippen molar-refractivity contribution in [3.05, 3.63) is 0 Å². The number of carbonyl (C=O) groups excluding carboxylic acids is 2. The average Bonchev–Trinajstić information content (AvgIpc) is 2.16. The highest BCUT2D eigenvalue weighted by Gasteiger charge is 2.13. The van der Waals surface area contributed by atoms with E-state index in [1.54, 1.807) is 14.1 Å². The lowest BCUT2D eigenvalue weighted by Crippen LogP contribution is -2.42. The zero-order chi connectivity index (χ0) is 11.8. The Balaban J connectivity index is 4.03.